The number of carbonyl (C=O) groups is 1. The van der Waals surface area contributed by atoms with Gasteiger partial charge in [-0.3, -0.25) is 4.79 Å². The zero-order valence-electron chi connectivity index (χ0n) is 11.3. The molecule has 18 heavy (non-hydrogen) atoms. The Hall–Kier alpha value is -1.35. The predicted octanol–water partition coefficient (Wildman–Crippen LogP) is 2.76. The van der Waals surface area contributed by atoms with Gasteiger partial charge in [0.1, 0.15) is 0 Å². The van der Waals surface area contributed by atoms with E-state index in [-0.39, 0.29) is 11.3 Å². The van der Waals surface area contributed by atoms with E-state index in [1.165, 1.54) is 6.42 Å². The Bertz CT molecular complexity index is 424. The van der Waals surface area contributed by atoms with E-state index in [2.05, 4.69) is 5.32 Å². The summed E-state index contributed by atoms with van der Waals surface area (Å²) in [6, 6.07) is 6.04. The van der Waals surface area contributed by atoms with Crippen molar-refractivity contribution in [1.82, 2.24) is 0 Å². The zero-order chi connectivity index (χ0) is 13.2. The van der Waals surface area contributed by atoms with Gasteiger partial charge in [0.05, 0.1) is 0 Å². The van der Waals surface area contributed by atoms with Gasteiger partial charge in [0.25, 0.3) is 0 Å². The molecule has 0 aliphatic heterocycles. The van der Waals surface area contributed by atoms with Gasteiger partial charge < -0.3 is 11.1 Å². The number of benzene rings is 1. The van der Waals surface area contributed by atoms with Gasteiger partial charge in [0.15, 0.2) is 0 Å². The van der Waals surface area contributed by atoms with Crippen LogP contribution in [0.3, 0.4) is 0 Å². The smallest absolute Gasteiger partial charge is 0.224 e. The first kappa shape index (κ1) is 13.1. The lowest BCUT2D eigenvalue weighted by Crippen LogP contribution is -2.40. The molecule has 0 aromatic heterocycles. The molecule has 1 fully saturated rings. The molecular formula is C15H22N2O. The van der Waals surface area contributed by atoms with Crippen LogP contribution >= 0.6 is 0 Å². The summed E-state index contributed by atoms with van der Waals surface area (Å²) in [5.41, 5.74) is 9.03. The first-order valence-corrected chi connectivity index (χ1v) is 6.62. The Morgan fingerprint density at radius 3 is 2.39 bits per heavy atom. The summed E-state index contributed by atoms with van der Waals surface area (Å²) in [6.45, 7) is 4.66. The monoisotopic (exact) mass is 246 g/mol. The van der Waals surface area contributed by atoms with E-state index in [4.69, 9.17) is 5.73 Å². The third kappa shape index (κ3) is 2.56. The average Bonchev–Trinajstić information content (AvgIpc) is 2.29. The number of nitrogens with one attached hydrogen (secondary N) is 1. The molecule has 1 aromatic rings. The van der Waals surface area contributed by atoms with E-state index in [1.54, 1.807) is 0 Å². The van der Waals surface area contributed by atoms with Gasteiger partial charge in [-0.05, 0) is 49.8 Å². The van der Waals surface area contributed by atoms with Gasteiger partial charge in [0, 0.05) is 12.1 Å². The van der Waals surface area contributed by atoms with E-state index in [0.717, 1.165) is 29.7 Å². The lowest BCUT2D eigenvalue weighted by molar-refractivity contribution is -0.119. The van der Waals surface area contributed by atoms with Crippen LogP contribution in [0.1, 0.15) is 36.8 Å². The van der Waals surface area contributed by atoms with Crippen molar-refractivity contribution in [3.63, 3.8) is 0 Å². The molecule has 1 saturated carbocycles. The molecule has 1 aromatic carbocycles. The molecule has 0 spiro atoms. The molecule has 2 rings (SSSR count). The lowest BCUT2D eigenvalue weighted by Gasteiger charge is -2.40. The highest BCUT2D eigenvalue weighted by atomic mass is 16.1. The number of nitrogens with two attached hydrogens (primary N) is 1. The fourth-order valence-electron chi connectivity index (χ4n) is 2.67. The predicted molar refractivity (Wildman–Crippen MR) is 74.5 cm³/mol. The molecule has 0 heterocycles. The van der Waals surface area contributed by atoms with Gasteiger partial charge in [-0.2, -0.15) is 0 Å². The average molecular weight is 246 g/mol. The van der Waals surface area contributed by atoms with Crippen molar-refractivity contribution >= 4 is 11.6 Å². The second-order valence-electron chi connectivity index (χ2n) is 5.55. The molecule has 3 N–H and O–H groups in total. The van der Waals surface area contributed by atoms with Gasteiger partial charge in [0.2, 0.25) is 5.91 Å². The summed E-state index contributed by atoms with van der Waals surface area (Å²) in [7, 11) is 0. The Balaban J connectivity index is 2.03. The maximum atomic E-state index is 12.1. The van der Waals surface area contributed by atoms with E-state index >= 15 is 0 Å². The normalized spacial score (nSPS) is 17.1. The fraction of sp³-hybridized carbons (Fsp3) is 0.533. The maximum Gasteiger partial charge on any atom is 0.224 e. The minimum atomic E-state index is 0.0701. The van der Waals surface area contributed by atoms with Crippen molar-refractivity contribution < 1.29 is 4.79 Å². The number of carbonyl (C=O) groups excluding carboxylic acids is 1. The summed E-state index contributed by atoms with van der Waals surface area (Å²) in [5, 5.41) is 3.04. The van der Waals surface area contributed by atoms with Crippen LogP contribution < -0.4 is 11.1 Å². The third-order valence-electron chi connectivity index (χ3n) is 4.13. The summed E-state index contributed by atoms with van der Waals surface area (Å²) < 4.78 is 0. The van der Waals surface area contributed by atoms with Crippen LogP contribution in [0.15, 0.2) is 18.2 Å². The van der Waals surface area contributed by atoms with Crippen molar-refractivity contribution in [2.24, 2.45) is 11.1 Å². The molecular weight excluding hydrogens is 224 g/mol. The topological polar surface area (TPSA) is 55.1 Å². The third-order valence-corrected chi connectivity index (χ3v) is 4.13. The fourth-order valence-corrected chi connectivity index (χ4v) is 2.67. The number of amides is 1. The number of aryl methyl sites for hydroxylation is 2. The van der Waals surface area contributed by atoms with Crippen LogP contribution in [0.4, 0.5) is 5.69 Å². The Labute approximate surface area is 109 Å². The number of hydrogen-bond donors (Lipinski definition) is 2. The highest BCUT2D eigenvalue weighted by Crippen LogP contribution is 2.43. The summed E-state index contributed by atoms with van der Waals surface area (Å²) in [6.07, 6.45) is 3.93. The summed E-state index contributed by atoms with van der Waals surface area (Å²) in [4.78, 5) is 12.1. The second-order valence-corrected chi connectivity index (χ2v) is 5.55. The minimum absolute atomic E-state index is 0.0701. The van der Waals surface area contributed by atoms with Crippen molar-refractivity contribution in [3.05, 3.63) is 29.3 Å². The van der Waals surface area contributed by atoms with Gasteiger partial charge in [-0.25, -0.2) is 0 Å². The molecule has 1 aliphatic carbocycles. The molecule has 0 radical (unpaired) electrons. The Kier molecular flexibility index (Phi) is 3.71. The second kappa shape index (κ2) is 5.11. The molecule has 0 saturated heterocycles. The van der Waals surface area contributed by atoms with Crippen molar-refractivity contribution in [3.8, 4) is 0 Å². The molecule has 1 aliphatic rings. The summed E-state index contributed by atoms with van der Waals surface area (Å²) in [5.74, 6) is 0.0950. The zero-order valence-corrected chi connectivity index (χ0v) is 11.3. The molecule has 0 bridgehead atoms. The summed E-state index contributed by atoms with van der Waals surface area (Å²) >= 11 is 0. The van der Waals surface area contributed by atoms with Crippen LogP contribution in [-0.4, -0.2) is 12.5 Å². The van der Waals surface area contributed by atoms with Crippen LogP contribution in [0.25, 0.3) is 0 Å². The molecule has 3 nitrogen and oxygen atoms in total. The Morgan fingerprint density at radius 2 is 1.94 bits per heavy atom. The van der Waals surface area contributed by atoms with E-state index < -0.39 is 0 Å². The number of para-hydroxylation sites is 1. The van der Waals surface area contributed by atoms with Crippen LogP contribution in [0, 0.1) is 19.3 Å². The Morgan fingerprint density at radius 1 is 1.33 bits per heavy atom. The van der Waals surface area contributed by atoms with Crippen molar-refractivity contribution in [2.75, 3.05) is 11.9 Å². The minimum Gasteiger partial charge on any atom is -0.330 e. The molecule has 0 atom stereocenters. The number of anilines is 1. The van der Waals surface area contributed by atoms with Crippen LogP contribution in [0.5, 0.6) is 0 Å². The number of hydrogen-bond acceptors (Lipinski definition) is 2. The molecule has 0 unspecified atom stereocenters. The van der Waals surface area contributed by atoms with Gasteiger partial charge >= 0.3 is 0 Å². The van der Waals surface area contributed by atoms with Crippen molar-refractivity contribution in [2.45, 2.75) is 39.5 Å². The first-order valence-electron chi connectivity index (χ1n) is 6.62. The van der Waals surface area contributed by atoms with Gasteiger partial charge in [-0.1, -0.05) is 24.6 Å². The van der Waals surface area contributed by atoms with E-state index in [1.807, 2.05) is 32.0 Å². The van der Waals surface area contributed by atoms with Crippen molar-refractivity contribution in [1.29, 1.82) is 0 Å². The highest BCUT2D eigenvalue weighted by Gasteiger charge is 2.37. The number of rotatable bonds is 4. The van der Waals surface area contributed by atoms with Crippen LogP contribution in [-0.2, 0) is 4.79 Å². The molecule has 3 heteroatoms. The lowest BCUT2D eigenvalue weighted by atomic mass is 9.66. The first-order chi connectivity index (χ1) is 8.56. The molecule has 1 amide bonds. The van der Waals surface area contributed by atoms with Crippen LogP contribution in [0.2, 0.25) is 0 Å². The SMILES string of the molecule is Cc1cccc(C)c1NC(=O)CC1(CN)CCC1. The highest BCUT2D eigenvalue weighted by molar-refractivity contribution is 5.92. The standard InChI is InChI=1S/C15H22N2O/c1-11-5-3-6-12(2)14(11)17-13(18)9-15(10-16)7-4-8-15/h3,5-6H,4,7-10,16H2,1-2H3,(H,17,18). The maximum absolute atomic E-state index is 12.1. The van der Waals surface area contributed by atoms with E-state index in [9.17, 15) is 4.79 Å². The largest absolute Gasteiger partial charge is 0.330 e. The quantitative estimate of drug-likeness (QED) is 0.858. The van der Waals surface area contributed by atoms with Gasteiger partial charge in [-0.15, -0.1) is 0 Å². The van der Waals surface area contributed by atoms with E-state index in [0.29, 0.717) is 13.0 Å². The molecule has 98 valence electrons.